The largest absolute Gasteiger partial charge is 0.404 e. The van der Waals surface area contributed by atoms with E-state index in [4.69, 9.17) is 16.2 Å². The molecule has 27 heavy (non-hydrogen) atoms. The van der Waals surface area contributed by atoms with E-state index >= 15 is 0 Å². The standard InChI is InChI=1S/C18H22N8O/c1-21-7-13(5-19)15-9-23-17(20)18(25-15)24-6-12-3-4-16-22-8-14(11-27-2)26(16)10-12/h3-5,7-10H,6,11,19H2,1-2H3,(H2,20,23)(H,24,25). The molecule has 0 saturated heterocycles. The van der Waals surface area contributed by atoms with Crippen LogP contribution in [0, 0.1) is 0 Å². The van der Waals surface area contributed by atoms with Gasteiger partial charge in [0, 0.05) is 44.9 Å². The summed E-state index contributed by atoms with van der Waals surface area (Å²) in [6.45, 7) is 1.01. The summed E-state index contributed by atoms with van der Waals surface area (Å²) in [6, 6.07) is 3.95. The molecule has 9 heteroatoms. The predicted octanol–water partition coefficient (Wildman–Crippen LogP) is 1.47. The third-order valence-corrected chi connectivity index (χ3v) is 3.94. The van der Waals surface area contributed by atoms with E-state index in [1.165, 1.54) is 6.20 Å². The molecule has 0 unspecified atom stereocenters. The highest BCUT2D eigenvalue weighted by molar-refractivity contribution is 6.08. The summed E-state index contributed by atoms with van der Waals surface area (Å²) in [4.78, 5) is 17.0. The van der Waals surface area contributed by atoms with Gasteiger partial charge >= 0.3 is 0 Å². The zero-order valence-corrected chi connectivity index (χ0v) is 15.3. The van der Waals surface area contributed by atoms with Crippen LogP contribution in [0.4, 0.5) is 11.6 Å². The molecular formula is C18H22N8O. The number of allylic oxidation sites excluding steroid dienone is 1. The molecule has 3 rings (SSSR count). The Balaban J connectivity index is 1.82. The maximum atomic E-state index is 5.95. The number of nitrogen functional groups attached to an aromatic ring is 1. The van der Waals surface area contributed by atoms with Gasteiger partial charge in [-0.15, -0.1) is 0 Å². The molecule has 140 valence electrons. The van der Waals surface area contributed by atoms with Gasteiger partial charge in [0.15, 0.2) is 11.6 Å². The summed E-state index contributed by atoms with van der Waals surface area (Å²) in [7, 11) is 3.32. The lowest BCUT2D eigenvalue weighted by Crippen LogP contribution is -2.09. The van der Waals surface area contributed by atoms with Gasteiger partial charge in [0.25, 0.3) is 0 Å². The fourth-order valence-electron chi connectivity index (χ4n) is 2.62. The zero-order valence-electron chi connectivity index (χ0n) is 15.3. The second-order valence-electron chi connectivity index (χ2n) is 5.80. The molecule has 0 fully saturated rings. The van der Waals surface area contributed by atoms with Crippen molar-refractivity contribution in [1.82, 2.24) is 19.4 Å². The van der Waals surface area contributed by atoms with Crippen LogP contribution in [-0.4, -0.2) is 39.7 Å². The molecule has 3 heterocycles. The number of methoxy groups -OCH3 is 1. The molecule has 0 radical (unpaired) electrons. The Morgan fingerprint density at radius 1 is 1.33 bits per heavy atom. The average Bonchev–Trinajstić information content (AvgIpc) is 3.08. The number of hydrogen-bond acceptors (Lipinski definition) is 8. The van der Waals surface area contributed by atoms with Gasteiger partial charge in [-0.05, 0) is 11.6 Å². The zero-order chi connectivity index (χ0) is 19.2. The topological polar surface area (TPSA) is 129 Å². The van der Waals surface area contributed by atoms with E-state index in [1.807, 2.05) is 22.7 Å². The molecule has 0 spiro atoms. The molecule has 0 bridgehead atoms. The highest BCUT2D eigenvalue weighted by Crippen LogP contribution is 2.18. The molecule has 0 aliphatic carbocycles. The van der Waals surface area contributed by atoms with E-state index in [2.05, 4.69) is 25.3 Å². The molecule has 0 aliphatic heterocycles. The first-order valence-electron chi connectivity index (χ1n) is 8.31. The molecule has 0 atom stereocenters. The van der Waals surface area contributed by atoms with Crippen molar-refractivity contribution in [2.75, 3.05) is 25.2 Å². The highest BCUT2D eigenvalue weighted by atomic mass is 16.5. The Labute approximate surface area is 156 Å². The minimum Gasteiger partial charge on any atom is -0.404 e. The first-order valence-corrected chi connectivity index (χ1v) is 8.31. The Kier molecular flexibility index (Phi) is 5.62. The first-order chi connectivity index (χ1) is 13.2. The summed E-state index contributed by atoms with van der Waals surface area (Å²) in [6.07, 6.45) is 8.43. The van der Waals surface area contributed by atoms with Gasteiger partial charge in [-0.2, -0.15) is 0 Å². The van der Waals surface area contributed by atoms with Crippen molar-refractivity contribution in [2.24, 2.45) is 10.7 Å². The smallest absolute Gasteiger partial charge is 0.169 e. The number of ether oxygens (including phenoxy) is 1. The molecule has 5 N–H and O–H groups in total. The van der Waals surface area contributed by atoms with Crippen molar-refractivity contribution < 1.29 is 4.74 Å². The number of anilines is 2. The van der Waals surface area contributed by atoms with Crippen LogP contribution in [0.5, 0.6) is 0 Å². The van der Waals surface area contributed by atoms with Crippen molar-refractivity contribution in [3.63, 3.8) is 0 Å². The van der Waals surface area contributed by atoms with Crippen LogP contribution >= 0.6 is 0 Å². The highest BCUT2D eigenvalue weighted by Gasteiger charge is 2.09. The number of pyridine rings is 1. The van der Waals surface area contributed by atoms with E-state index < -0.39 is 0 Å². The van der Waals surface area contributed by atoms with Crippen LogP contribution in [0.15, 0.2) is 41.9 Å². The quantitative estimate of drug-likeness (QED) is 0.540. The molecule has 0 saturated carbocycles. The Morgan fingerprint density at radius 3 is 2.93 bits per heavy atom. The van der Waals surface area contributed by atoms with Crippen molar-refractivity contribution in [3.05, 3.63) is 53.9 Å². The molecule has 3 aromatic heterocycles. The summed E-state index contributed by atoms with van der Waals surface area (Å²) < 4.78 is 7.21. The van der Waals surface area contributed by atoms with Crippen LogP contribution in [0.2, 0.25) is 0 Å². The number of fused-ring (bicyclic) bond motifs is 1. The number of aromatic nitrogens is 4. The SMILES string of the molecule is CN=CC(=CN)c1cnc(N)c(NCc2ccc3ncc(COC)n3c2)n1. The maximum Gasteiger partial charge on any atom is 0.169 e. The number of imidazole rings is 1. The van der Waals surface area contributed by atoms with Gasteiger partial charge in [-0.25, -0.2) is 15.0 Å². The van der Waals surface area contributed by atoms with E-state index in [9.17, 15) is 0 Å². The molecule has 3 aromatic rings. The average molecular weight is 366 g/mol. The lowest BCUT2D eigenvalue weighted by molar-refractivity contribution is 0.181. The van der Waals surface area contributed by atoms with Gasteiger partial charge in [0.2, 0.25) is 0 Å². The normalized spacial score (nSPS) is 12.1. The van der Waals surface area contributed by atoms with Gasteiger partial charge in [0.1, 0.15) is 5.65 Å². The fraction of sp³-hybridized carbons (Fsp3) is 0.222. The number of nitrogens with one attached hydrogen (secondary N) is 1. The number of rotatable bonds is 7. The third-order valence-electron chi connectivity index (χ3n) is 3.94. The van der Waals surface area contributed by atoms with Crippen molar-refractivity contribution in [2.45, 2.75) is 13.2 Å². The Hall–Kier alpha value is -3.46. The van der Waals surface area contributed by atoms with Gasteiger partial charge in [-0.3, -0.25) is 4.99 Å². The van der Waals surface area contributed by atoms with Gasteiger partial charge in [-0.1, -0.05) is 6.07 Å². The second kappa shape index (κ2) is 8.28. The van der Waals surface area contributed by atoms with Crippen LogP contribution in [0.25, 0.3) is 11.2 Å². The number of nitrogens with two attached hydrogens (primary N) is 2. The van der Waals surface area contributed by atoms with Crippen LogP contribution in [0.1, 0.15) is 17.0 Å². The van der Waals surface area contributed by atoms with Crippen molar-refractivity contribution in [3.8, 4) is 0 Å². The van der Waals surface area contributed by atoms with Crippen LogP contribution in [0.3, 0.4) is 0 Å². The molecule has 0 aromatic carbocycles. The lowest BCUT2D eigenvalue weighted by atomic mass is 10.2. The summed E-state index contributed by atoms with van der Waals surface area (Å²) in [5.41, 5.74) is 15.7. The van der Waals surface area contributed by atoms with Crippen molar-refractivity contribution in [1.29, 1.82) is 0 Å². The molecule has 0 amide bonds. The predicted molar refractivity (Wildman–Crippen MR) is 106 cm³/mol. The Morgan fingerprint density at radius 2 is 2.19 bits per heavy atom. The third kappa shape index (κ3) is 4.04. The van der Waals surface area contributed by atoms with E-state index in [0.29, 0.717) is 36.1 Å². The molecule has 0 aliphatic rings. The van der Waals surface area contributed by atoms with Gasteiger partial charge in [0.05, 0.1) is 30.4 Å². The monoisotopic (exact) mass is 366 g/mol. The van der Waals surface area contributed by atoms with E-state index in [0.717, 1.165) is 16.9 Å². The summed E-state index contributed by atoms with van der Waals surface area (Å²) in [5, 5.41) is 3.22. The van der Waals surface area contributed by atoms with E-state index in [1.54, 1.807) is 32.8 Å². The minimum absolute atomic E-state index is 0.312. The van der Waals surface area contributed by atoms with Crippen LogP contribution < -0.4 is 16.8 Å². The summed E-state index contributed by atoms with van der Waals surface area (Å²) in [5.74, 6) is 0.798. The fourth-order valence-corrected chi connectivity index (χ4v) is 2.62. The first kappa shape index (κ1) is 18.3. The summed E-state index contributed by atoms with van der Waals surface area (Å²) >= 11 is 0. The lowest BCUT2D eigenvalue weighted by Gasteiger charge is -2.10. The van der Waals surface area contributed by atoms with Crippen LogP contribution in [-0.2, 0) is 17.9 Å². The van der Waals surface area contributed by atoms with Crippen molar-refractivity contribution >= 4 is 29.1 Å². The number of nitrogens with zero attached hydrogens (tertiary/aromatic N) is 5. The molecular weight excluding hydrogens is 344 g/mol. The maximum absolute atomic E-state index is 5.95. The molecule has 9 nitrogen and oxygen atoms in total. The number of hydrogen-bond donors (Lipinski definition) is 3. The van der Waals surface area contributed by atoms with Gasteiger partial charge < -0.3 is 25.9 Å². The minimum atomic E-state index is 0.312. The second-order valence-corrected chi connectivity index (χ2v) is 5.80. The Bertz CT molecular complexity index is 992. The number of aliphatic imine (C=N–C) groups is 1. The van der Waals surface area contributed by atoms with E-state index in [-0.39, 0.29) is 0 Å².